The highest BCUT2D eigenvalue weighted by atomic mass is 79.9. The summed E-state index contributed by atoms with van der Waals surface area (Å²) in [5.74, 6) is -0.437. The maximum absolute atomic E-state index is 11.8. The molecule has 26 heavy (non-hydrogen) atoms. The number of halogens is 2. The standard InChI is InChI=1S/C18H14BrClN2O2S2/c1-9-7-10(4-6-13(9)19)21-18(25)22-11-3-5-12-14(8-11)26-16(15(12)20)17(23)24-2/h3-8H,1-2H3,(H2,21,22,25). The van der Waals surface area contributed by atoms with Gasteiger partial charge in [0.05, 0.1) is 12.1 Å². The molecule has 0 bridgehead atoms. The average Bonchev–Trinajstić information content (AvgIpc) is 2.93. The van der Waals surface area contributed by atoms with Crippen LogP contribution in [0.25, 0.3) is 10.1 Å². The predicted molar refractivity (Wildman–Crippen MR) is 117 cm³/mol. The van der Waals surface area contributed by atoms with E-state index < -0.39 is 5.97 Å². The zero-order chi connectivity index (χ0) is 18.8. The highest BCUT2D eigenvalue weighted by Crippen LogP contribution is 2.37. The van der Waals surface area contributed by atoms with E-state index in [0.717, 1.165) is 31.5 Å². The van der Waals surface area contributed by atoms with Crippen molar-refractivity contribution in [2.24, 2.45) is 0 Å². The first-order valence-electron chi connectivity index (χ1n) is 7.53. The van der Waals surface area contributed by atoms with E-state index in [-0.39, 0.29) is 0 Å². The molecule has 0 radical (unpaired) electrons. The number of methoxy groups -OCH3 is 1. The zero-order valence-electron chi connectivity index (χ0n) is 13.9. The number of thiocarbonyl (C=S) groups is 1. The number of carbonyl (C=O) groups excluding carboxylic acids is 1. The van der Waals surface area contributed by atoms with E-state index in [2.05, 4.69) is 26.6 Å². The van der Waals surface area contributed by atoms with Gasteiger partial charge in [-0.3, -0.25) is 0 Å². The molecule has 3 rings (SSSR count). The molecule has 0 saturated heterocycles. The molecule has 0 amide bonds. The molecule has 0 spiro atoms. The third-order valence-corrected chi connectivity index (χ3v) is 6.41. The van der Waals surface area contributed by atoms with E-state index in [4.69, 9.17) is 28.6 Å². The minimum absolute atomic E-state index is 0.396. The molecule has 2 aromatic carbocycles. The van der Waals surface area contributed by atoms with Crippen molar-refractivity contribution in [2.45, 2.75) is 6.92 Å². The molecule has 4 nitrogen and oxygen atoms in total. The molecule has 3 aromatic rings. The van der Waals surface area contributed by atoms with Crippen molar-refractivity contribution in [3.8, 4) is 0 Å². The van der Waals surface area contributed by atoms with Gasteiger partial charge in [-0.15, -0.1) is 11.3 Å². The molecule has 1 aromatic heterocycles. The van der Waals surface area contributed by atoms with Crippen molar-refractivity contribution in [3.63, 3.8) is 0 Å². The molecular weight excluding hydrogens is 456 g/mol. The second-order valence-corrected chi connectivity index (χ2v) is 8.18. The summed E-state index contributed by atoms with van der Waals surface area (Å²) in [6.45, 7) is 2.01. The van der Waals surface area contributed by atoms with Crippen molar-refractivity contribution in [2.75, 3.05) is 17.7 Å². The average molecular weight is 470 g/mol. The van der Waals surface area contributed by atoms with Crippen LogP contribution in [0.4, 0.5) is 11.4 Å². The maximum Gasteiger partial charge on any atom is 0.349 e. The Morgan fingerprint density at radius 1 is 1.19 bits per heavy atom. The molecule has 0 unspecified atom stereocenters. The third kappa shape index (κ3) is 4.01. The van der Waals surface area contributed by atoms with Gasteiger partial charge in [-0.25, -0.2) is 4.79 Å². The van der Waals surface area contributed by atoms with E-state index >= 15 is 0 Å². The minimum atomic E-state index is -0.437. The van der Waals surface area contributed by atoms with Crippen LogP contribution >= 0.6 is 51.1 Å². The summed E-state index contributed by atoms with van der Waals surface area (Å²) < 4.78 is 6.69. The van der Waals surface area contributed by atoms with Crippen LogP contribution in [0.1, 0.15) is 15.2 Å². The van der Waals surface area contributed by atoms with Crippen molar-refractivity contribution in [3.05, 3.63) is 56.3 Å². The second-order valence-electron chi connectivity index (χ2n) is 5.49. The summed E-state index contributed by atoms with van der Waals surface area (Å²) >= 11 is 16.4. The van der Waals surface area contributed by atoms with E-state index in [1.165, 1.54) is 18.4 Å². The predicted octanol–water partition coefficient (Wildman–Crippen LogP) is 6.22. The Balaban J connectivity index is 1.78. The number of hydrogen-bond donors (Lipinski definition) is 2. The molecule has 0 aliphatic carbocycles. The lowest BCUT2D eigenvalue weighted by Gasteiger charge is -2.11. The van der Waals surface area contributed by atoms with Crippen molar-refractivity contribution in [1.29, 1.82) is 0 Å². The molecule has 134 valence electrons. The van der Waals surface area contributed by atoms with E-state index in [1.807, 2.05) is 43.3 Å². The van der Waals surface area contributed by atoms with Crippen LogP contribution in [-0.2, 0) is 4.74 Å². The van der Waals surface area contributed by atoms with Gasteiger partial charge in [0, 0.05) is 25.9 Å². The van der Waals surface area contributed by atoms with Crippen LogP contribution < -0.4 is 10.6 Å². The Morgan fingerprint density at radius 2 is 1.85 bits per heavy atom. The van der Waals surface area contributed by atoms with Crippen molar-refractivity contribution in [1.82, 2.24) is 0 Å². The Labute approximate surface area is 173 Å². The number of rotatable bonds is 3. The molecule has 2 N–H and O–H groups in total. The topological polar surface area (TPSA) is 50.4 Å². The van der Waals surface area contributed by atoms with Crippen LogP contribution in [0.2, 0.25) is 5.02 Å². The number of nitrogens with one attached hydrogen (secondary N) is 2. The molecular formula is C18H14BrClN2O2S2. The van der Waals surface area contributed by atoms with Crippen LogP contribution in [0.15, 0.2) is 40.9 Å². The zero-order valence-corrected chi connectivity index (χ0v) is 17.8. The molecule has 0 fully saturated rings. The van der Waals surface area contributed by atoms with Crippen LogP contribution in [-0.4, -0.2) is 18.2 Å². The highest BCUT2D eigenvalue weighted by molar-refractivity contribution is 9.10. The summed E-state index contributed by atoms with van der Waals surface area (Å²) in [5, 5.41) is 7.99. The first-order valence-corrected chi connectivity index (χ1v) is 9.93. The number of esters is 1. The molecule has 0 saturated carbocycles. The Kier molecular flexibility index (Phi) is 5.82. The van der Waals surface area contributed by atoms with E-state index in [1.54, 1.807) is 0 Å². The summed E-state index contributed by atoms with van der Waals surface area (Å²) in [6, 6.07) is 11.5. The number of fused-ring (bicyclic) bond motifs is 1. The van der Waals surface area contributed by atoms with Gasteiger partial charge in [0.2, 0.25) is 0 Å². The van der Waals surface area contributed by atoms with Gasteiger partial charge in [0.25, 0.3) is 0 Å². The second kappa shape index (κ2) is 7.92. The van der Waals surface area contributed by atoms with Gasteiger partial charge in [-0.05, 0) is 61.1 Å². The fourth-order valence-corrected chi connectivity index (χ4v) is 4.33. The largest absolute Gasteiger partial charge is 0.465 e. The van der Waals surface area contributed by atoms with Crippen LogP contribution in [0.3, 0.4) is 0 Å². The number of carbonyl (C=O) groups is 1. The van der Waals surface area contributed by atoms with Crippen molar-refractivity contribution < 1.29 is 9.53 Å². The highest BCUT2D eigenvalue weighted by Gasteiger charge is 2.17. The van der Waals surface area contributed by atoms with Gasteiger partial charge in [-0.1, -0.05) is 27.5 Å². The third-order valence-electron chi connectivity index (χ3n) is 3.67. The number of ether oxygens (including phenoxy) is 1. The molecule has 0 aliphatic rings. The molecule has 0 aliphatic heterocycles. The SMILES string of the molecule is COC(=O)c1sc2cc(NC(=S)Nc3ccc(Br)c(C)c3)ccc2c1Cl. The first kappa shape index (κ1) is 19.1. The number of anilines is 2. The van der Waals surface area contributed by atoms with Gasteiger partial charge in [0.15, 0.2) is 5.11 Å². The summed E-state index contributed by atoms with van der Waals surface area (Å²) in [6.07, 6.45) is 0. The fraction of sp³-hybridized carbons (Fsp3) is 0.111. The molecule has 0 atom stereocenters. The van der Waals surface area contributed by atoms with Crippen LogP contribution in [0.5, 0.6) is 0 Å². The quantitative estimate of drug-likeness (QED) is 0.352. The lowest BCUT2D eigenvalue weighted by Crippen LogP contribution is -2.19. The number of thiophene rings is 1. The fourth-order valence-electron chi connectivity index (χ4n) is 2.38. The van der Waals surface area contributed by atoms with Crippen LogP contribution in [0, 0.1) is 6.92 Å². The summed E-state index contributed by atoms with van der Waals surface area (Å²) in [7, 11) is 1.34. The van der Waals surface area contributed by atoms with E-state index in [0.29, 0.717) is 15.0 Å². The minimum Gasteiger partial charge on any atom is -0.465 e. The van der Waals surface area contributed by atoms with Gasteiger partial charge >= 0.3 is 5.97 Å². The number of hydrogen-bond acceptors (Lipinski definition) is 4. The molecule has 8 heteroatoms. The first-order chi connectivity index (χ1) is 12.4. The Morgan fingerprint density at radius 3 is 2.50 bits per heavy atom. The summed E-state index contributed by atoms with van der Waals surface area (Å²) in [4.78, 5) is 12.2. The van der Waals surface area contributed by atoms with Crippen molar-refractivity contribution >= 4 is 83.6 Å². The van der Waals surface area contributed by atoms with Gasteiger partial charge in [-0.2, -0.15) is 0 Å². The van der Waals surface area contributed by atoms with Gasteiger partial charge in [0.1, 0.15) is 4.88 Å². The number of aryl methyl sites for hydroxylation is 1. The summed E-state index contributed by atoms with van der Waals surface area (Å²) in [5.41, 5.74) is 2.82. The Bertz CT molecular complexity index is 1020. The smallest absolute Gasteiger partial charge is 0.349 e. The lowest BCUT2D eigenvalue weighted by atomic mass is 10.2. The van der Waals surface area contributed by atoms with Gasteiger partial charge < -0.3 is 15.4 Å². The molecule has 1 heterocycles. The number of benzene rings is 2. The Hall–Kier alpha value is -1.67. The monoisotopic (exact) mass is 468 g/mol. The lowest BCUT2D eigenvalue weighted by molar-refractivity contribution is 0.0606. The maximum atomic E-state index is 11.8. The van der Waals surface area contributed by atoms with E-state index in [9.17, 15) is 4.79 Å². The normalized spacial score (nSPS) is 10.6.